The normalized spacial score (nSPS) is 8.45. The standard InChI is InChI=1S/C6H8ClNO3/c1-2-5(9)8-11-6(10)3-4-7/h2H,1,3-4H2,(H,8,9). The molecule has 62 valence electrons. The number of amides is 1. The van der Waals surface area contributed by atoms with Gasteiger partial charge in [-0.3, -0.25) is 4.79 Å². The van der Waals surface area contributed by atoms with Crippen LogP contribution in [0.2, 0.25) is 0 Å². The smallest absolute Gasteiger partial charge is 0.333 e. The second-order valence-electron chi connectivity index (χ2n) is 1.58. The Hall–Kier alpha value is -1.03. The summed E-state index contributed by atoms with van der Waals surface area (Å²) in [4.78, 5) is 25.1. The zero-order valence-corrected chi connectivity index (χ0v) is 6.56. The summed E-state index contributed by atoms with van der Waals surface area (Å²) in [5.74, 6) is -0.967. The number of hydrogen-bond donors (Lipinski definition) is 1. The first-order valence-electron chi connectivity index (χ1n) is 2.88. The van der Waals surface area contributed by atoms with Gasteiger partial charge in [0.2, 0.25) is 0 Å². The molecule has 11 heavy (non-hydrogen) atoms. The predicted molar refractivity (Wildman–Crippen MR) is 39.8 cm³/mol. The molecule has 0 aromatic rings. The molecule has 0 aromatic heterocycles. The van der Waals surface area contributed by atoms with E-state index in [2.05, 4.69) is 11.4 Å². The summed E-state index contributed by atoms with van der Waals surface area (Å²) in [5, 5.41) is 0. The van der Waals surface area contributed by atoms with E-state index in [0.29, 0.717) is 0 Å². The van der Waals surface area contributed by atoms with Gasteiger partial charge in [-0.25, -0.2) is 4.79 Å². The molecule has 5 heteroatoms. The van der Waals surface area contributed by atoms with Crippen LogP contribution in [0.15, 0.2) is 12.7 Å². The fraction of sp³-hybridized carbons (Fsp3) is 0.333. The quantitative estimate of drug-likeness (QED) is 0.385. The van der Waals surface area contributed by atoms with Crippen molar-refractivity contribution in [1.82, 2.24) is 5.48 Å². The second-order valence-corrected chi connectivity index (χ2v) is 1.96. The molecule has 0 spiro atoms. The Bertz CT molecular complexity index is 169. The molecule has 1 amide bonds. The molecule has 0 fully saturated rings. The summed E-state index contributed by atoms with van der Waals surface area (Å²) in [5.41, 5.74) is 1.85. The molecular formula is C6H8ClNO3. The van der Waals surface area contributed by atoms with Crippen LogP contribution in [0, 0.1) is 0 Å². The van der Waals surface area contributed by atoms with Gasteiger partial charge in [0.25, 0.3) is 5.91 Å². The van der Waals surface area contributed by atoms with E-state index in [1.54, 1.807) is 0 Å². The maximum absolute atomic E-state index is 10.5. The van der Waals surface area contributed by atoms with E-state index in [1.807, 2.05) is 5.48 Å². The molecule has 0 rings (SSSR count). The summed E-state index contributed by atoms with van der Waals surface area (Å²) in [6.45, 7) is 3.16. The molecule has 0 aliphatic heterocycles. The van der Waals surface area contributed by atoms with Gasteiger partial charge < -0.3 is 4.84 Å². The summed E-state index contributed by atoms with van der Waals surface area (Å²) in [7, 11) is 0. The Kier molecular flexibility index (Phi) is 5.20. The zero-order valence-electron chi connectivity index (χ0n) is 5.80. The fourth-order valence-corrected chi connectivity index (χ4v) is 0.431. The van der Waals surface area contributed by atoms with Crippen LogP contribution >= 0.6 is 11.6 Å². The highest BCUT2D eigenvalue weighted by atomic mass is 35.5. The van der Waals surface area contributed by atoms with E-state index in [9.17, 15) is 9.59 Å². The van der Waals surface area contributed by atoms with Crippen LogP contribution in [0.3, 0.4) is 0 Å². The third kappa shape index (κ3) is 5.42. The van der Waals surface area contributed by atoms with Gasteiger partial charge in [0.05, 0.1) is 6.42 Å². The summed E-state index contributed by atoms with van der Waals surface area (Å²) in [6, 6.07) is 0. The molecule has 0 atom stereocenters. The Labute approximate surface area is 69.1 Å². The summed E-state index contributed by atoms with van der Waals surface area (Å²) < 4.78 is 0. The first kappa shape index (κ1) is 9.97. The molecule has 0 unspecified atom stereocenters. The lowest BCUT2D eigenvalue weighted by atomic mass is 10.5. The molecule has 0 saturated carbocycles. The summed E-state index contributed by atoms with van der Waals surface area (Å²) >= 11 is 5.21. The fourth-order valence-electron chi connectivity index (χ4n) is 0.277. The van der Waals surface area contributed by atoms with Crippen LogP contribution in [0.5, 0.6) is 0 Å². The molecule has 0 radical (unpaired) electrons. The van der Waals surface area contributed by atoms with Crippen LogP contribution in [-0.2, 0) is 14.4 Å². The van der Waals surface area contributed by atoms with Gasteiger partial charge in [-0.2, -0.15) is 5.48 Å². The van der Waals surface area contributed by atoms with Crippen LogP contribution < -0.4 is 5.48 Å². The van der Waals surface area contributed by atoms with E-state index >= 15 is 0 Å². The first-order valence-corrected chi connectivity index (χ1v) is 3.42. The van der Waals surface area contributed by atoms with Gasteiger partial charge in [-0.15, -0.1) is 11.6 Å². The molecule has 0 bridgehead atoms. The lowest BCUT2D eigenvalue weighted by molar-refractivity contribution is -0.156. The monoisotopic (exact) mass is 177 g/mol. The van der Waals surface area contributed by atoms with Gasteiger partial charge >= 0.3 is 5.97 Å². The Morgan fingerprint density at radius 1 is 1.64 bits per heavy atom. The minimum absolute atomic E-state index is 0.0684. The third-order valence-electron chi connectivity index (χ3n) is 0.749. The maximum Gasteiger partial charge on any atom is 0.333 e. The molecule has 4 nitrogen and oxygen atoms in total. The Balaban J connectivity index is 3.45. The summed E-state index contributed by atoms with van der Waals surface area (Å²) in [6.07, 6.45) is 1.06. The highest BCUT2D eigenvalue weighted by Gasteiger charge is 2.02. The van der Waals surface area contributed by atoms with Crippen LogP contribution in [-0.4, -0.2) is 17.8 Å². The first-order chi connectivity index (χ1) is 5.20. The Morgan fingerprint density at radius 3 is 2.73 bits per heavy atom. The lowest BCUT2D eigenvalue weighted by Crippen LogP contribution is -2.25. The van der Waals surface area contributed by atoms with Crippen molar-refractivity contribution in [2.45, 2.75) is 6.42 Å². The minimum atomic E-state index is -0.574. The lowest BCUT2D eigenvalue weighted by Gasteiger charge is -2.00. The average molecular weight is 178 g/mol. The van der Waals surface area contributed by atoms with Crippen LogP contribution in [0.25, 0.3) is 0 Å². The van der Waals surface area contributed by atoms with Gasteiger partial charge in [0, 0.05) is 5.88 Å². The number of rotatable bonds is 3. The average Bonchev–Trinajstić information content (AvgIpc) is 2.01. The molecule has 0 aromatic carbocycles. The number of hydrogen-bond acceptors (Lipinski definition) is 3. The van der Waals surface area contributed by atoms with Gasteiger partial charge in [0.15, 0.2) is 0 Å². The van der Waals surface area contributed by atoms with Crippen molar-refractivity contribution in [3.8, 4) is 0 Å². The minimum Gasteiger partial charge on any atom is -0.341 e. The third-order valence-corrected chi connectivity index (χ3v) is 0.938. The van der Waals surface area contributed by atoms with Crippen LogP contribution in [0.4, 0.5) is 0 Å². The number of carbonyl (C=O) groups excluding carboxylic acids is 2. The van der Waals surface area contributed by atoms with Crippen molar-refractivity contribution in [1.29, 1.82) is 0 Å². The Morgan fingerprint density at radius 2 is 2.27 bits per heavy atom. The molecule has 0 heterocycles. The van der Waals surface area contributed by atoms with Crippen molar-refractivity contribution in [2.24, 2.45) is 0 Å². The van der Waals surface area contributed by atoms with E-state index in [1.165, 1.54) is 0 Å². The number of carbonyl (C=O) groups is 2. The number of halogens is 1. The largest absolute Gasteiger partial charge is 0.341 e. The van der Waals surface area contributed by atoms with Crippen LogP contribution in [0.1, 0.15) is 6.42 Å². The van der Waals surface area contributed by atoms with Gasteiger partial charge in [-0.1, -0.05) is 6.58 Å². The van der Waals surface area contributed by atoms with Crippen molar-refractivity contribution < 1.29 is 14.4 Å². The van der Waals surface area contributed by atoms with Crippen molar-refractivity contribution >= 4 is 23.5 Å². The van der Waals surface area contributed by atoms with Crippen molar-refractivity contribution in [2.75, 3.05) is 5.88 Å². The number of nitrogens with one attached hydrogen (secondary N) is 1. The molecular weight excluding hydrogens is 170 g/mol. The maximum atomic E-state index is 10.5. The van der Waals surface area contributed by atoms with Gasteiger partial charge in [-0.05, 0) is 6.08 Å². The second kappa shape index (κ2) is 5.73. The highest BCUT2D eigenvalue weighted by molar-refractivity contribution is 6.18. The molecule has 0 aliphatic rings. The predicted octanol–water partition coefficient (Wildman–Crippen LogP) is 0.376. The SMILES string of the molecule is C=CC(=O)NOC(=O)CCCl. The van der Waals surface area contributed by atoms with Crippen molar-refractivity contribution in [3.05, 3.63) is 12.7 Å². The van der Waals surface area contributed by atoms with E-state index in [-0.39, 0.29) is 12.3 Å². The van der Waals surface area contributed by atoms with E-state index < -0.39 is 11.9 Å². The molecule has 0 aliphatic carbocycles. The number of hydroxylamine groups is 1. The zero-order chi connectivity index (χ0) is 8.69. The highest BCUT2D eigenvalue weighted by Crippen LogP contribution is 1.86. The molecule has 1 N–H and O–H groups in total. The van der Waals surface area contributed by atoms with E-state index in [4.69, 9.17) is 11.6 Å². The van der Waals surface area contributed by atoms with Crippen molar-refractivity contribution in [3.63, 3.8) is 0 Å². The number of alkyl halides is 1. The van der Waals surface area contributed by atoms with E-state index in [0.717, 1.165) is 6.08 Å². The van der Waals surface area contributed by atoms with Gasteiger partial charge in [0.1, 0.15) is 0 Å². The topological polar surface area (TPSA) is 55.4 Å². The molecule has 0 saturated heterocycles.